The average Bonchev–Trinajstić information content (AvgIpc) is 4.13. The molecule has 0 radical (unpaired) electrons. The molecule has 2 aliphatic carbocycles. The maximum Gasteiger partial charge on any atom is 0.407 e. The maximum absolute atomic E-state index is 17.0. The van der Waals surface area contributed by atoms with E-state index in [4.69, 9.17) is 24.2 Å². The van der Waals surface area contributed by atoms with E-state index in [2.05, 4.69) is 37.3 Å². The summed E-state index contributed by atoms with van der Waals surface area (Å²) in [4.78, 5) is 74.8. The van der Waals surface area contributed by atoms with Gasteiger partial charge in [-0.15, -0.1) is 11.3 Å². The Bertz CT molecular complexity index is 3000. The Morgan fingerprint density at radius 2 is 1.52 bits per heavy atom. The van der Waals surface area contributed by atoms with E-state index in [0.717, 1.165) is 65.6 Å². The molecule has 0 bridgehead atoms. The lowest BCUT2D eigenvalue weighted by Gasteiger charge is -2.31. The predicted octanol–water partition coefficient (Wildman–Crippen LogP) is 8.80. The van der Waals surface area contributed by atoms with Gasteiger partial charge in [0.15, 0.2) is 0 Å². The zero-order valence-corrected chi connectivity index (χ0v) is 40.2. The number of piperidine rings is 1. The van der Waals surface area contributed by atoms with Crippen LogP contribution < -0.4 is 15.4 Å². The Kier molecular flexibility index (Phi) is 11.3. The number of fused-ring (bicyclic) bond motifs is 7. The Morgan fingerprint density at radius 3 is 2.22 bits per heavy atom. The molecular formula is C51H56FN9O7S. The third-order valence-electron chi connectivity index (χ3n) is 14.8. The number of carbonyl (C=O) groups excluding carboxylic acids is 4. The molecule has 6 aromatic rings. The number of imidazole rings is 2. The molecule has 18 heteroatoms. The van der Waals surface area contributed by atoms with Gasteiger partial charge in [-0.05, 0) is 105 Å². The van der Waals surface area contributed by atoms with Crippen LogP contribution in [-0.2, 0) is 31.9 Å². The second-order valence-electron chi connectivity index (χ2n) is 19.8. The number of halogens is 1. The summed E-state index contributed by atoms with van der Waals surface area (Å²) in [5, 5.41) is 6.34. The SMILES string of the molecule is COC(=O)N[C@H](C(=O)N1CCC[C@H]1c1ncc(-c2cc(F)c3c(c2)OC(c2cc4c(s2)CCC4)n2c-3cc3cc(-c4cnc([C@@H]5C[C@H]6C[C@H]6N5C(=O)[C@@H](NC(=O)OC)C(C)C)[nH]4)ccc32)[nH]1)C(C)C. The van der Waals surface area contributed by atoms with Crippen molar-refractivity contribution < 1.29 is 37.8 Å². The maximum atomic E-state index is 17.0. The van der Waals surface area contributed by atoms with E-state index >= 15 is 4.39 Å². The molecule has 0 spiro atoms. The molecule has 1 saturated carbocycles. The molecule has 360 valence electrons. The molecule has 4 N–H and O–H groups in total. The number of nitrogens with one attached hydrogen (secondary N) is 4. The molecule has 3 aliphatic heterocycles. The predicted molar refractivity (Wildman–Crippen MR) is 256 cm³/mol. The van der Waals surface area contributed by atoms with Crippen LogP contribution >= 0.6 is 11.3 Å². The molecule has 69 heavy (non-hydrogen) atoms. The minimum absolute atomic E-state index is 0.110. The number of benzene rings is 2. The lowest BCUT2D eigenvalue weighted by atomic mass is 10.0. The zero-order chi connectivity index (χ0) is 48.0. The molecule has 5 aliphatic rings. The van der Waals surface area contributed by atoms with Gasteiger partial charge >= 0.3 is 12.2 Å². The summed E-state index contributed by atoms with van der Waals surface area (Å²) in [6.07, 6.45) is 7.96. The van der Waals surface area contributed by atoms with Crippen molar-refractivity contribution in [3.05, 3.63) is 87.6 Å². The fraction of sp³-hybridized carbons (Fsp3) is 0.451. The van der Waals surface area contributed by atoms with Crippen molar-refractivity contribution in [2.24, 2.45) is 17.8 Å². The van der Waals surface area contributed by atoms with Gasteiger partial charge in [0.25, 0.3) is 0 Å². The topological polar surface area (TPSA) is 189 Å². The van der Waals surface area contributed by atoms with Crippen LogP contribution in [0.1, 0.15) is 105 Å². The number of hydrogen-bond donors (Lipinski definition) is 4. The van der Waals surface area contributed by atoms with Crippen molar-refractivity contribution in [1.29, 1.82) is 0 Å². The lowest BCUT2D eigenvalue weighted by Crippen LogP contribution is -2.52. The Hall–Kier alpha value is -6.69. The molecule has 16 nitrogen and oxygen atoms in total. The molecule has 7 atom stereocenters. The average molecular weight is 958 g/mol. The van der Waals surface area contributed by atoms with Gasteiger partial charge in [0.1, 0.15) is 35.3 Å². The molecule has 4 aromatic heterocycles. The Balaban J connectivity index is 0.911. The third kappa shape index (κ3) is 7.80. The minimum Gasteiger partial charge on any atom is -0.464 e. The fourth-order valence-electron chi connectivity index (χ4n) is 11.1. The van der Waals surface area contributed by atoms with Gasteiger partial charge in [-0.1, -0.05) is 33.8 Å². The largest absolute Gasteiger partial charge is 0.464 e. The third-order valence-corrected chi connectivity index (χ3v) is 16.0. The number of thiophene rings is 1. The number of hydrogen-bond acceptors (Lipinski definition) is 10. The Labute approximate surface area is 402 Å². The van der Waals surface area contributed by atoms with Crippen molar-refractivity contribution in [2.75, 3.05) is 20.8 Å². The molecular weight excluding hydrogens is 902 g/mol. The molecule has 11 rings (SSSR count). The molecule has 7 heterocycles. The number of nitrogens with zero attached hydrogens (tertiary/aromatic N) is 5. The second-order valence-corrected chi connectivity index (χ2v) is 20.9. The number of rotatable bonds is 11. The first-order chi connectivity index (χ1) is 33.3. The first-order valence-electron chi connectivity index (χ1n) is 24.0. The van der Waals surface area contributed by atoms with Crippen molar-refractivity contribution >= 4 is 46.2 Å². The van der Waals surface area contributed by atoms with E-state index in [0.29, 0.717) is 58.8 Å². The van der Waals surface area contributed by atoms with E-state index in [9.17, 15) is 19.2 Å². The number of ether oxygens (including phenoxy) is 3. The van der Waals surface area contributed by atoms with Gasteiger partial charge in [-0.2, -0.15) is 0 Å². The van der Waals surface area contributed by atoms with Gasteiger partial charge in [-0.3, -0.25) is 14.2 Å². The minimum atomic E-state index is -0.766. The van der Waals surface area contributed by atoms with E-state index in [1.807, 2.05) is 56.9 Å². The van der Waals surface area contributed by atoms with Gasteiger partial charge < -0.3 is 44.6 Å². The van der Waals surface area contributed by atoms with Crippen molar-refractivity contribution in [2.45, 2.75) is 109 Å². The van der Waals surface area contributed by atoms with Crippen LogP contribution in [0.25, 0.3) is 44.7 Å². The van der Waals surface area contributed by atoms with Crippen LogP contribution in [0, 0.1) is 23.6 Å². The highest BCUT2D eigenvalue weighted by Gasteiger charge is 2.56. The van der Waals surface area contributed by atoms with Crippen LogP contribution in [0.15, 0.2) is 54.9 Å². The summed E-state index contributed by atoms with van der Waals surface area (Å²) in [5.41, 5.74) is 6.10. The zero-order valence-electron chi connectivity index (χ0n) is 39.4. The van der Waals surface area contributed by atoms with Crippen molar-refractivity contribution in [1.82, 2.24) is 44.9 Å². The van der Waals surface area contributed by atoms with Crippen molar-refractivity contribution in [3.63, 3.8) is 0 Å². The molecule has 4 amide bonds. The lowest BCUT2D eigenvalue weighted by molar-refractivity contribution is -0.137. The first kappa shape index (κ1) is 44.8. The molecule has 1 unspecified atom stereocenters. The number of aromatic amines is 2. The standard InChI is InChI=1S/C51H56FN9O7S/c1-24(2)43(57-50(64)66-5)47(62)59-14-8-10-35(59)45-53-23-33(56-45)28-16-31(52)42-37-18-29-15-26(12-13-34(29)61(37)49(68-39(42)20-28)41-21-27-9-7-11-40(27)69-41)32-22-54-46(55-32)38-19-30-17-36(30)60(38)48(63)44(25(3)4)58-51(65)67-6/h12-13,15-16,18,20-25,30,35-36,38,43-44,49H,7-11,14,17,19H2,1-6H3,(H,53,56)(H,54,55)(H,57,64)(H,58,65)/t30-,35+,36-,38+,43+,44+,49?/m1/s1. The summed E-state index contributed by atoms with van der Waals surface area (Å²) in [5.74, 6) is 0.970. The number of likely N-dealkylation sites (tertiary alicyclic amines) is 2. The van der Waals surface area contributed by atoms with Crippen LogP contribution in [0.2, 0.25) is 0 Å². The number of carbonyl (C=O) groups is 4. The summed E-state index contributed by atoms with van der Waals surface area (Å²) in [7, 11) is 2.56. The number of alkyl carbamates (subject to hydrolysis) is 2. The molecule has 2 aromatic carbocycles. The number of methoxy groups -OCH3 is 2. The molecule has 3 fully saturated rings. The summed E-state index contributed by atoms with van der Waals surface area (Å²) >= 11 is 1.75. The fourth-order valence-corrected chi connectivity index (χ4v) is 12.4. The van der Waals surface area contributed by atoms with E-state index < -0.39 is 36.3 Å². The number of aromatic nitrogens is 5. The Morgan fingerprint density at radius 1 is 0.826 bits per heavy atom. The van der Waals surface area contributed by atoms with Gasteiger partial charge in [-0.25, -0.2) is 23.9 Å². The summed E-state index contributed by atoms with van der Waals surface area (Å²) in [6.45, 7) is 8.08. The number of amides is 4. The normalized spacial score (nSPS) is 22.0. The van der Waals surface area contributed by atoms with Gasteiger partial charge in [0.05, 0.1) is 71.7 Å². The quantitative estimate of drug-likeness (QED) is 0.0984. The van der Waals surface area contributed by atoms with Crippen LogP contribution in [-0.4, -0.2) is 97.2 Å². The highest BCUT2D eigenvalue weighted by Crippen LogP contribution is 2.54. The first-order valence-corrected chi connectivity index (χ1v) is 24.8. The number of H-pyrrole nitrogens is 2. The van der Waals surface area contributed by atoms with E-state index in [1.54, 1.807) is 28.6 Å². The second kappa shape index (κ2) is 17.4. The van der Waals surface area contributed by atoms with E-state index in [1.165, 1.54) is 30.7 Å². The summed E-state index contributed by atoms with van der Waals surface area (Å²) < 4.78 is 35.6. The van der Waals surface area contributed by atoms with E-state index in [-0.39, 0.29) is 41.8 Å². The monoisotopic (exact) mass is 957 g/mol. The number of aryl methyl sites for hydroxylation is 2. The van der Waals surface area contributed by atoms with Gasteiger partial charge in [0, 0.05) is 34.0 Å². The summed E-state index contributed by atoms with van der Waals surface area (Å²) in [6, 6.07) is 11.8. The van der Waals surface area contributed by atoms with Crippen molar-refractivity contribution in [3.8, 4) is 39.5 Å². The highest BCUT2D eigenvalue weighted by atomic mass is 32.1. The van der Waals surface area contributed by atoms with Crippen LogP contribution in [0.4, 0.5) is 14.0 Å². The van der Waals surface area contributed by atoms with Crippen LogP contribution in [0.3, 0.4) is 0 Å². The highest BCUT2D eigenvalue weighted by molar-refractivity contribution is 7.12. The van der Waals surface area contributed by atoms with Gasteiger partial charge in [0.2, 0.25) is 18.0 Å². The van der Waals surface area contributed by atoms with Crippen LogP contribution in [0.5, 0.6) is 5.75 Å². The smallest absolute Gasteiger partial charge is 0.407 e. The molecule has 2 saturated heterocycles.